The van der Waals surface area contributed by atoms with Gasteiger partial charge in [0.2, 0.25) is 0 Å². The lowest BCUT2D eigenvalue weighted by Gasteiger charge is -2.08. The molecule has 1 N–H and O–H groups in total. The summed E-state index contributed by atoms with van der Waals surface area (Å²) in [6.45, 7) is 0.225. The van der Waals surface area contributed by atoms with Crippen molar-refractivity contribution in [2.24, 2.45) is 7.05 Å². The number of aryl methyl sites for hydroxylation is 1. The first-order valence-electron chi connectivity index (χ1n) is 7.38. The Balaban J connectivity index is 1.66. The molecule has 2 aromatic carbocycles. The molecule has 0 spiro atoms. The zero-order valence-corrected chi connectivity index (χ0v) is 14.0. The monoisotopic (exact) mass is 365 g/mol. The zero-order valence-electron chi connectivity index (χ0n) is 13.2. The fourth-order valence-electron chi connectivity index (χ4n) is 2.42. The van der Waals surface area contributed by atoms with Crippen LogP contribution in [-0.2, 0) is 13.6 Å². The van der Waals surface area contributed by atoms with E-state index in [9.17, 15) is 18.0 Å². The van der Waals surface area contributed by atoms with Gasteiger partial charge in [-0.05, 0) is 48.2 Å². The number of benzene rings is 2. The molecule has 8 heteroatoms. The van der Waals surface area contributed by atoms with Crippen molar-refractivity contribution in [3.63, 3.8) is 0 Å². The van der Waals surface area contributed by atoms with Crippen molar-refractivity contribution in [1.29, 1.82) is 0 Å². The maximum Gasteiger partial charge on any atom is 0.446 e. The minimum absolute atomic E-state index is 0.0411. The van der Waals surface area contributed by atoms with Gasteiger partial charge in [0.15, 0.2) is 0 Å². The maximum absolute atomic E-state index is 12.3. The maximum atomic E-state index is 12.3. The van der Waals surface area contributed by atoms with E-state index in [0.717, 1.165) is 11.0 Å². The summed E-state index contributed by atoms with van der Waals surface area (Å²) in [5, 5.41) is 2.73. The molecule has 1 heterocycles. The topological polar surface area (TPSA) is 46.9 Å². The highest BCUT2D eigenvalue weighted by Crippen LogP contribution is 2.36. The van der Waals surface area contributed by atoms with Crippen LogP contribution in [0.2, 0.25) is 0 Å². The van der Waals surface area contributed by atoms with Gasteiger partial charge in [-0.1, -0.05) is 12.1 Å². The normalized spacial score (nSPS) is 11.7. The molecule has 130 valence electrons. The number of hydrogen-bond acceptors (Lipinski definition) is 3. The molecular formula is C17H14F3N3OS. The van der Waals surface area contributed by atoms with E-state index in [0.29, 0.717) is 11.4 Å². The Morgan fingerprint density at radius 3 is 2.48 bits per heavy atom. The van der Waals surface area contributed by atoms with Crippen LogP contribution in [0.5, 0.6) is 0 Å². The largest absolute Gasteiger partial charge is 0.446 e. The highest BCUT2D eigenvalue weighted by atomic mass is 32.2. The third-order valence-electron chi connectivity index (χ3n) is 3.64. The van der Waals surface area contributed by atoms with Crippen molar-refractivity contribution in [2.45, 2.75) is 16.9 Å². The second-order valence-electron chi connectivity index (χ2n) is 5.33. The van der Waals surface area contributed by atoms with Crippen molar-refractivity contribution in [3.05, 3.63) is 59.9 Å². The summed E-state index contributed by atoms with van der Waals surface area (Å²) in [6.07, 6.45) is 0. The van der Waals surface area contributed by atoms with Gasteiger partial charge >= 0.3 is 5.51 Å². The number of imidazole rings is 1. The van der Waals surface area contributed by atoms with Crippen molar-refractivity contribution in [3.8, 4) is 0 Å². The van der Waals surface area contributed by atoms with Crippen molar-refractivity contribution >= 4 is 28.7 Å². The molecule has 0 aliphatic heterocycles. The molecule has 1 amide bonds. The number of amides is 1. The number of nitrogens with zero attached hydrogens (tertiary/aromatic N) is 2. The number of rotatable bonds is 4. The molecule has 1 aromatic heterocycles. The van der Waals surface area contributed by atoms with Crippen LogP contribution in [0, 0.1) is 0 Å². The Morgan fingerprint density at radius 2 is 1.84 bits per heavy atom. The van der Waals surface area contributed by atoms with Crippen LogP contribution in [0.4, 0.5) is 13.2 Å². The first-order valence-corrected chi connectivity index (χ1v) is 8.19. The van der Waals surface area contributed by atoms with E-state index in [1.165, 1.54) is 24.3 Å². The van der Waals surface area contributed by atoms with Crippen LogP contribution >= 0.6 is 11.8 Å². The molecule has 0 unspecified atom stereocenters. The van der Waals surface area contributed by atoms with Gasteiger partial charge in [-0.15, -0.1) is 0 Å². The minimum atomic E-state index is -4.34. The summed E-state index contributed by atoms with van der Waals surface area (Å²) in [5.41, 5.74) is -2.25. The van der Waals surface area contributed by atoms with E-state index >= 15 is 0 Å². The van der Waals surface area contributed by atoms with Crippen LogP contribution in [0.25, 0.3) is 11.0 Å². The predicted molar refractivity (Wildman–Crippen MR) is 90.2 cm³/mol. The summed E-state index contributed by atoms with van der Waals surface area (Å²) in [5.74, 6) is 0.328. The number of carbonyl (C=O) groups is 1. The average Bonchev–Trinajstić information content (AvgIpc) is 2.88. The third kappa shape index (κ3) is 4.14. The molecule has 4 nitrogen and oxygen atoms in total. The second-order valence-corrected chi connectivity index (χ2v) is 6.47. The van der Waals surface area contributed by atoms with Crippen molar-refractivity contribution in [2.75, 3.05) is 0 Å². The number of nitrogens with one attached hydrogen (secondary N) is 1. The van der Waals surface area contributed by atoms with Crippen LogP contribution in [0.3, 0.4) is 0 Å². The number of halogens is 3. The number of para-hydroxylation sites is 2. The third-order valence-corrected chi connectivity index (χ3v) is 4.38. The lowest BCUT2D eigenvalue weighted by molar-refractivity contribution is -0.0328. The van der Waals surface area contributed by atoms with E-state index in [2.05, 4.69) is 10.3 Å². The second kappa shape index (κ2) is 6.79. The Morgan fingerprint density at radius 1 is 1.16 bits per heavy atom. The van der Waals surface area contributed by atoms with E-state index in [1.807, 2.05) is 35.9 Å². The molecule has 3 aromatic rings. The van der Waals surface area contributed by atoms with Gasteiger partial charge < -0.3 is 9.88 Å². The predicted octanol–water partition coefficient (Wildman–Crippen LogP) is 4.12. The number of thioether (sulfide) groups is 1. The average molecular weight is 365 g/mol. The van der Waals surface area contributed by atoms with E-state index in [4.69, 9.17) is 0 Å². The Kier molecular flexibility index (Phi) is 4.71. The molecule has 3 rings (SSSR count). The summed E-state index contributed by atoms with van der Waals surface area (Å²) in [6, 6.07) is 12.9. The van der Waals surface area contributed by atoms with Gasteiger partial charge in [0.05, 0.1) is 17.6 Å². The first kappa shape index (κ1) is 17.3. The Bertz CT molecular complexity index is 904. The molecule has 25 heavy (non-hydrogen) atoms. The summed E-state index contributed by atoms with van der Waals surface area (Å²) >= 11 is -0.209. The highest BCUT2D eigenvalue weighted by Gasteiger charge is 2.29. The number of alkyl halides is 3. The van der Waals surface area contributed by atoms with Crippen LogP contribution < -0.4 is 5.32 Å². The van der Waals surface area contributed by atoms with E-state index < -0.39 is 5.51 Å². The van der Waals surface area contributed by atoms with Gasteiger partial charge in [-0.3, -0.25) is 4.79 Å². The van der Waals surface area contributed by atoms with Gasteiger partial charge in [0.1, 0.15) is 5.82 Å². The molecular weight excluding hydrogens is 351 g/mol. The van der Waals surface area contributed by atoms with Crippen LogP contribution in [-0.4, -0.2) is 21.0 Å². The number of carbonyl (C=O) groups excluding carboxylic acids is 1. The highest BCUT2D eigenvalue weighted by molar-refractivity contribution is 8.00. The van der Waals surface area contributed by atoms with Gasteiger partial charge in [-0.2, -0.15) is 13.2 Å². The molecule has 0 saturated carbocycles. The Labute approximate surface area is 146 Å². The molecule has 0 saturated heterocycles. The molecule has 0 aliphatic carbocycles. The summed E-state index contributed by atoms with van der Waals surface area (Å²) in [7, 11) is 1.86. The fourth-order valence-corrected chi connectivity index (χ4v) is 2.96. The number of fused-ring (bicyclic) bond motifs is 1. The molecule has 0 bridgehead atoms. The molecule has 0 atom stereocenters. The van der Waals surface area contributed by atoms with Crippen molar-refractivity contribution < 1.29 is 18.0 Å². The fraction of sp³-hybridized carbons (Fsp3) is 0.176. The number of aromatic nitrogens is 2. The lowest BCUT2D eigenvalue weighted by atomic mass is 10.2. The van der Waals surface area contributed by atoms with Gasteiger partial charge in [0.25, 0.3) is 5.91 Å². The molecule has 0 radical (unpaired) electrons. The van der Waals surface area contributed by atoms with Crippen LogP contribution in [0.15, 0.2) is 53.4 Å². The summed E-state index contributed by atoms with van der Waals surface area (Å²) < 4.78 is 38.8. The van der Waals surface area contributed by atoms with E-state index in [1.54, 1.807) is 0 Å². The summed E-state index contributed by atoms with van der Waals surface area (Å²) in [4.78, 5) is 16.7. The van der Waals surface area contributed by atoms with Crippen LogP contribution in [0.1, 0.15) is 16.2 Å². The Hall–Kier alpha value is -2.48. The first-order chi connectivity index (χ1) is 11.8. The minimum Gasteiger partial charge on any atom is -0.345 e. The lowest BCUT2D eigenvalue weighted by Crippen LogP contribution is -2.24. The van der Waals surface area contributed by atoms with Gasteiger partial charge in [0, 0.05) is 17.5 Å². The zero-order chi connectivity index (χ0) is 18.0. The standard InChI is InChI=1S/C17H14F3N3OS/c1-23-14-5-3-2-4-13(14)22-15(23)10-21-16(24)11-6-8-12(9-7-11)25-17(18,19)20/h2-9H,10H2,1H3,(H,21,24). The number of hydrogen-bond donors (Lipinski definition) is 1. The molecule has 0 fully saturated rings. The quantitative estimate of drug-likeness (QED) is 0.708. The van der Waals surface area contributed by atoms with Crippen molar-refractivity contribution in [1.82, 2.24) is 14.9 Å². The smallest absolute Gasteiger partial charge is 0.345 e. The van der Waals surface area contributed by atoms with Gasteiger partial charge in [-0.25, -0.2) is 4.98 Å². The SMILES string of the molecule is Cn1c(CNC(=O)c2ccc(SC(F)(F)F)cc2)nc2ccccc21. The van der Waals surface area contributed by atoms with E-state index in [-0.39, 0.29) is 29.1 Å². The molecule has 0 aliphatic rings.